The summed E-state index contributed by atoms with van der Waals surface area (Å²) in [7, 11) is -3.01. The fourth-order valence-electron chi connectivity index (χ4n) is 2.81. The van der Waals surface area contributed by atoms with E-state index < -0.39 is 9.84 Å². The maximum Gasteiger partial charge on any atom is 0.244 e. The molecule has 2 unspecified atom stereocenters. The molecule has 2 aliphatic rings. The minimum atomic E-state index is -3.01. The van der Waals surface area contributed by atoms with Crippen LogP contribution in [0.4, 0.5) is 11.4 Å². The van der Waals surface area contributed by atoms with Crippen molar-refractivity contribution in [1.82, 2.24) is 5.32 Å². The van der Waals surface area contributed by atoms with Crippen LogP contribution in [-0.4, -0.2) is 44.5 Å². The van der Waals surface area contributed by atoms with E-state index in [0.717, 1.165) is 17.8 Å². The maximum absolute atomic E-state index is 12.3. The normalized spacial score (nSPS) is 26.9. The Morgan fingerprint density at radius 3 is 2.76 bits per heavy atom. The molecule has 1 amide bonds. The first-order valence-electron chi connectivity index (χ1n) is 7.14. The van der Waals surface area contributed by atoms with E-state index in [1.165, 1.54) is 0 Å². The van der Waals surface area contributed by atoms with Crippen LogP contribution in [-0.2, 0) is 14.6 Å². The highest BCUT2D eigenvalue weighted by atomic mass is 32.2. The second-order valence-corrected chi connectivity index (χ2v) is 7.81. The van der Waals surface area contributed by atoms with Gasteiger partial charge in [-0.3, -0.25) is 4.79 Å². The number of hydrogen-bond donors (Lipinski definition) is 3. The average Bonchev–Trinajstić information content (AvgIpc) is 2.45. The van der Waals surface area contributed by atoms with Crippen LogP contribution in [0.5, 0.6) is 0 Å². The van der Waals surface area contributed by atoms with E-state index in [1.54, 1.807) is 0 Å². The fourth-order valence-corrected chi connectivity index (χ4v) is 4.45. The Labute approximate surface area is 124 Å². The molecule has 3 N–H and O–H groups in total. The lowest BCUT2D eigenvalue weighted by molar-refractivity contribution is -0.122. The van der Waals surface area contributed by atoms with Gasteiger partial charge in [0.2, 0.25) is 5.91 Å². The molecular weight excluding hydrogens is 290 g/mol. The Bertz CT molecular complexity index is 645. The number of carbonyl (C=O) groups excluding carboxylic acids is 1. The fraction of sp³-hybridized carbons (Fsp3) is 0.500. The van der Waals surface area contributed by atoms with Gasteiger partial charge in [-0.05, 0) is 25.0 Å². The number of hydrogen-bond acceptors (Lipinski definition) is 5. The van der Waals surface area contributed by atoms with Crippen molar-refractivity contribution < 1.29 is 13.2 Å². The number of carbonyl (C=O) groups is 1. The van der Waals surface area contributed by atoms with Crippen LogP contribution >= 0.6 is 0 Å². The van der Waals surface area contributed by atoms with E-state index in [2.05, 4.69) is 16.0 Å². The number of anilines is 2. The summed E-state index contributed by atoms with van der Waals surface area (Å²) in [5.74, 6) is 0.130. The third-order valence-corrected chi connectivity index (χ3v) is 5.70. The summed E-state index contributed by atoms with van der Waals surface area (Å²) in [5.41, 5.74) is 1.86. The molecule has 0 spiro atoms. The molecule has 0 saturated carbocycles. The van der Waals surface area contributed by atoms with Crippen LogP contribution in [0, 0.1) is 0 Å². The molecule has 0 aromatic heterocycles. The molecule has 2 atom stereocenters. The first-order chi connectivity index (χ1) is 10.0. The molecule has 3 rings (SSSR count). The Morgan fingerprint density at radius 2 is 2.00 bits per heavy atom. The van der Waals surface area contributed by atoms with Crippen LogP contribution in [0.15, 0.2) is 24.3 Å². The smallest absolute Gasteiger partial charge is 0.244 e. The van der Waals surface area contributed by atoms with Crippen molar-refractivity contribution in [3.8, 4) is 0 Å². The lowest BCUT2D eigenvalue weighted by atomic mass is 10.1. The number of fused-ring (bicyclic) bond motifs is 1. The SMILES string of the molecule is O=C(NC1CCCS(=O)(=O)C1)C1CNc2ccccc2N1. The second-order valence-electron chi connectivity index (χ2n) is 5.59. The molecule has 7 heteroatoms. The molecule has 21 heavy (non-hydrogen) atoms. The van der Waals surface area contributed by atoms with E-state index in [1.807, 2.05) is 24.3 Å². The Morgan fingerprint density at radius 1 is 1.24 bits per heavy atom. The molecule has 1 fully saturated rings. The van der Waals surface area contributed by atoms with Gasteiger partial charge < -0.3 is 16.0 Å². The Kier molecular flexibility index (Phi) is 3.75. The molecule has 0 bridgehead atoms. The summed E-state index contributed by atoms with van der Waals surface area (Å²) >= 11 is 0. The molecule has 0 aliphatic carbocycles. The zero-order valence-corrected chi connectivity index (χ0v) is 12.4. The number of nitrogens with one attached hydrogen (secondary N) is 3. The zero-order valence-electron chi connectivity index (χ0n) is 11.6. The number of amides is 1. The Hall–Kier alpha value is -1.76. The van der Waals surface area contributed by atoms with E-state index >= 15 is 0 Å². The van der Waals surface area contributed by atoms with Crippen molar-refractivity contribution in [2.75, 3.05) is 28.7 Å². The standard InChI is InChI=1S/C14H19N3O3S/c18-14(16-10-4-3-7-21(19,20)9-10)13-8-15-11-5-1-2-6-12(11)17-13/h1-2,5-6,10,13,15,17H,3-4,7-9H2,(H,16,18). The zero-order chi connectivity index (χ0) is 14.9. The van der Waals surface area contributed by atoms with Gasteiger partial charge in [-0.1, -0.05) is 12.1 Å². The lowest BCUT2D eigenvalue weighted by Crippen LogP contribution is -2.51. The molecule has 1 aromatic carbocycles. The minimum Gasteiger partial charge on any atom is -0.381 e. The number of sulfone groups is 1. The van der Waals surface area contributed by atoms with Crippen LogP contribution in [0.25, 0.3) is 0 Å². The van der Waals surface area contributed by atoms with Crippen molar-refractivity contribution in [2.45, 2.75) is 24.9 Å². The predicted octanol–water partition coefficient (Wildman–Crippen LogP) is 0.586. The quantitative estimate of drug-likeness (QED) is 0.744. The molecule has 6 nitrogen and oxygen atoms in total. The molecular formula is C14H19N3O3S. The molecule has 1 saturated heterocycles. The van der Waals surface area contributed by atoms with E-state index in [-0.39, 0.29) is 29.5 Å². The minimum absolute atomic E-state index is 0.0511. The van der Waals surface area contributed by atoms with Gasteiger partial charge in [0.1, 0.15) is 6.04 Å². The largest absolute Gasteiger partial charge is 0.381 e. The monoisotopic (exact) mass is 309 g/mol. The highest BCUT2D eigenvalue weighted by Gasteiger charge is 2.29. The van der Waals surface area contributed by atoms with Gasteiger partial charge in [0.05, 0.1) is 22.9 Å². The number of para-hydroxylation sites is 2. The van der Waals surface area contributed by atoms with Gasteiger partial charge in [0.15, 0.2) is 9.84 Å². The predicted molar refractivity (Wildman–Crippen MR) is 82.2 cm³/mol. The maximum atomic E-state index is 12.3. The van der Waals surface area contributed by atoms with Crippen molar-refractivity contribution in [1.29, 1.82) is 0 Å². The topological polar surface area (TPSA) is 87.3 Å². The van der Waals surface area contributed by atoms with E-state index in [4.69, 9.17) is 0 Å². The van der Waals surface area contributed by atoms with Crippen LogP contribution in [0.3, 0.4) is 0 Å². The average molecular weight is 309 g/mol. The summed E-state index contributed by atoms with van der Waals surface area (Å²) in [5, 5.41) is 9.24. The summed E-state index contributed by atoms with van der Waals surface area (Å²) in [6.45, 7) is 0.488. The van der Waals surface area contributed by atoms with Crippen LogP contribution in [0.2, 0.25) is 0 Å². The molecule has 2 heterocycles. The molecule has 114 valence electrons. The van der Waals surface area contributed by atoms with Gasteiger partial charge in [-0.25, -0.2) is 8.42 Å². The Balaban J connectivity index is 1.62. The number of rotatable bonds is 2. The van der Waals surface area contributed by atoms with Gasteiger partial charge >= 0.3 is 0 Å². The summed E-state index contributed by atoms with van der Waals surface area (Å²) in [6, 6.07) is 7.04. The van der Waals surface area contributed by atoms with Crippen molar-refractivity contribution in [2.24, 2.45) is 0 Å². The van der Waals surface area contributed by atoms with E-state index in [0.29, 0.717) is 13.0 Å². The first kappa shape index (κ1) is 14.2. The molecule has 0 radical (unpaired) electrons. The third-order valence-electron chi connectivity index (χ3n) is 3.88. The summed E-state index contributed by atoms with van der Waals surface area (Å²) in [4.78, 5) is 12.3. The van der Waals surface area contributed by atoms with E-state index in [9.17, 15) is 13.2 Å². The van der Waals surface area contributed by atoms with Crippen molar-refractivity contribution in [3.05, 3.63) is 24.3 Å². The highest BCUT2D eigenvalue weighted by Crippen LogP contribution is 2.25. The summed E-state index contributed by atoms with van der Waals surface area (Å²) in [6.07, 6.45) is 1.34. The summed E-state index contributed by atoms with van der Waals surface area (Å²) < 4.78 is 23.2. The van der Waals surface area contributed by atoms with Crippen LogP contribution in [0.1, 0.15) is 12.8 Å². The first-order valence-corrected chi connectivity index (χ1v) is 8.96. The van der Waals surface area contributed by atoms with Gasteiger partial charge in [-0.15, -0.1) is 0 Å². The molecule has 2 aliphatic heterocycles. The van der Waals surface area contributed by atoms with Crippen LogP contribution < -0.4 is 16.0 Å². The highest BCUT2D eigenvalue weighted by molar-refractivity contribution is 7.91. The van der Waals surface area contributed by atoms with Gasteiger partial charge in [0.25, 0.3) is 0 Å². The lowest BCUT2D eigenvalue weighted by Gasteiger charge is -2.30. The number of benzene rings is 1. The van der Waals surface area contributed by atoms with Crippen molar-refractivity contribution in [3.63, 3.8) is 0 Å². The third kappa shape index (κ3) is 3.29. The van der Waals surface area contributed by atoms with Gasteiger partial charge in [0, 0.05) is 12.6 Å². The molecule has 1 aromatic rings. The van der Waals surface area contributed by atoms with Crippen molar-refractivity contribution >= 4 is 27.1 Å². The van der Waals surface area contributed by atoms with Gasteiger partial charge in [-0.2, -0.15) is 0 Å². The second kappa shape index (κ2) is 5.55.